The van der Waals surface area contributed by atoms with Gasteiger partial charge in [-0.25, -0.2) is 0 Å². The molecule has 88 valence electrons. The number of carboxylic acids is 1. The Morgan fingerprint density at radius 1 is 1.50 bits per heavy atom. The summed E-state index contributed by atoms with van der Waals surface area (Å²) in [5.41, 5.74) is 0. The van der Waals surface area contributed by atoms with Gasteiger partial charge in [0.25, 0.3) is 0 Å². The molecule has 0 radical (unpaired) electrons. The van der Waals surface area contributed by atoms with Crippen LogP contribution in [0.2, 0.25) is 0 Å². The van der Waals surface area contributed by atoms with E-state index in [1.54, 1.807) is 11.1 Å². The van der Waals surface area contributed by atoms with Crippen LogP contribution in [0.5, 0.6) is 0 Å². The normalized spacial score (nSPS) is 15.0. The molecule has 1 aliphatic rings. The van der Waals surface area contributed by atoms with Gasteiger partial charge in [-0.1, -0.05) is 0 Å². The topological polar surface area (TPSA) is 43.8 Å². The third-order valence-corrected chi connectivity index (χ3v) is 1.28. The van der Waals surface area contributed by atoms with E-state index < -0.39 is 17.1 Å². The second-order valence-corrected chi connectivity index (χ2v) is 7.13. The van der Waals surface area contributed by atoms with Gasteiger partial charge >= 0.3 is 47.4 Å². The fraction of sp³-hybridized carbons (Fsp3) is 0.500. The number of aliphatic carboxylic acids is 1. The number of hydrogen-bond donors (Lipinski definition) is 1. The average molecular weight is 312 g/mol. The SMILES string of the molecule is CN1C=CN(CC(=O)O)C1.[Cl][Cu]([Cl])[Cl]. The van der Waals surface area contributed by atoms with Crippen LogP contribution in [0.15, 0.2) is 12.4 Å². The first-order valence-electron chi connectivity index (χ1n) is 3.37. The number of carboxylic acid groups (broad SMARTS) is 1. The molecule has 14 heavy (non-hydrogen) atoms. The summed E-state index contributed by atoms with van der Waals surface area (Å²) in [6, 6.07) is 0. The van der Waals surface area contributed by atoms with Crippen molar-refractivity contribution in [3.8, 4) is 0 Å². The number of hydrogen-bond acceptors (Lipinski definition) is 3. The fourth-order valence-electron chi connectivity index (χ4n) is 0.865. The Morgan fingerprint density at radius 2 is 2.00 bits per heavy atom. The molecule has 0 fully saturated rings. The Kier molecular flexibility index (Phi) is 7.59. The van der Waals surface area contributed by atoms with E-state index in [0.29, 0.717) is 6.67 Å². The maximum atomic E-state index is 10.2. The van der Waals surface area contributed by atoms with Crippen molar-refractivity contribution in [2.75, 3.05) is 20.3 Å². The van der Waals surface area contributed by atoms with Crippen molar-refractivity contribution < 1.29 is 21.1 Å². The van der Waals surface area contributed by atoms with Crippen LogP contribution in [0.3, 0.4) is 0 Å². The molecule has 1 heterocycles. The van der Waals surface area contributed by atoms with Crippen molar-refractivity contribution in [1.29, 1.82) is 0 Å². The number of rotatable bonds is 2. The van der Waals surface area contributed by atoms with Gasteiger partial charge in [0.2, 0.25) is 0 Å². The average Bonchev–Trinajstić information content (AvgIpc) is 2.32. The molecule has 1 aliphatic heterocycles. The first-order valence-corrected chi connectivity index (χ1v) is 7.26. The van der Waals surface area contributed by atoms with E-state index in [1.807, 2.05) is 18.1 Å². The number of carbonyl (C=O) groups is 1. The van der Waals surface area contributed by atoms with Gasteiger partial charge in [-0.15, -0.1) is 0 Å². The van der Waals surface area contributed by atoms with E-state index in [-0.39, 0.29) is 6.54 Å². The van der Waals surface area contributed by atoms with E-state index in [9.17, 15) is 4.79 Å². The summed E-state index contributed by atoms with van der Waals surface area (Å²) in [7, 11) is 16.4. The van der Waals surface area contributed by atoms with Crippen LogP contribution in [-0.4, -0.2) is 41.1 Å². The summed E-state index contributed by atoms with van der Waals surface area (Å²) in [5, 5.41) is 8.37. The van der Waals surface area contributed by atoms with E-state index in [1.165, 1.54) is 0 Å². The zero-order chi connectivity index (χ0) is 11.1. The standard InChI is InChI=1S/C6H10N2O2.3ClH.Cu/c1-7-2-3-8(5-7)4-6(9)10;;;;/h2-3H,4-5H2,1H3,(H,9,10);3*1H;/q;;;;+3/p-3. The van der Waals surface area contributed by atoms with Crippen LogP contribution in [0.4, 0.5) is 0 Å². The Morgan fingerprint density at radius 3 is 2.29 bits per heavy atom. The van der Waals surface area contributed by atoms with E-state index in [4.69, 9.17) is 35.4 Å². The molecule has 1 N–H and O–H groups in total. The first kappa shape index (κ1) is 14.2. The molecule has 0 atom stereocenters. The van der Waals surface area contributed by atoms with Crippen LogP contribution >= 0.6 is 30.3 Å². The molecule has 0 aromatic rings. The first-order chi connectivity index (χ1) is 6.41. The van der Waals surface area contributed by atoms with Crippen molar-refractivity contribution in [1.82, 2.24) is 9.80 Å². The quantitative estimate of drug-likeness (QED) is 0.790. The second kappa shape index (κ2) is 7.49. The van der Waals surface area contributed by atoms with Crippen LogP contribution in [-0.2, 0) is 16.0 Å². The van der Waals surface area contributed by atoms with Gasteiger partial charge in [-0.2, -0.15) is 0 Å². The monoisotopic (exact) mass is 310 g/mol. The third kappa shape index (κ3) is 8.78. The van der Waals surface area contributed by atoms with E-state index >= 15 is 0 Å². The molecule has 0 unspecified atom stereocenters. The molecule has 0 saturated heterocycles. The van der Waals surface area contributed by atoms with E-state index in [2.05, 4.69) is 0 Å². The molecule has 0 saturated carbocycles. The van der Waals surface area contributed by atoms with Crippen LogP contribution < -0.4 is 0 Å². The van der Waals surface area contributed by atoms with Crippen LogP contribution in [0.1, 0.15) is 0 Å². The molecule has 0 spiro atoms. The molecule has 1 rings (SSSR count). The summed E-state index contributed by atoms with van der Waals surface area (Å²) in [4.78, 5) is 13.8. The van der Waals surface area contributed by atoms with Crippen molar-refractivity contribution in [3.05, 3.63) is 12.4 Å². The van der Waals surface area contributed by atoms with Crippen molar-refractivity contribution in [2.24, 2.45) is 0 Å². The van der Waals surface area contributed by atoms with Gasteiger partial charge in [-0.05, 0) is 0 Å². The summed E-state index contributed by atoms with van der Waals surface area (Å²) >= 11 is -0.896. The molecule has 0 aliphatic carbocycles. The minimum absolute atomic E-state index is 0.0842. The number of halogens is 3. The summed E-state index contributed by atoms with van der Waals surface area (Å²) in [6.45, 7) is 0.757. The van der Waals surface area contributed by atoms with Gasteiger partial charge in [0.05, 0.1) is 6.67 Å². The maximum absolute atomic E-state index is 10.2. The minimum atomic E-state index is -0.896. The van der Waals surface area contributed by atoms with Gasteiger partial charge in [0.15, 0.2) is 0 Å². The molecule has 0 bridgehead atoms. The Bertz CT molecular complexity index is 212. The Labute approximate surface area is 99.6 Å². The van der Waals surface area contributed by atoms with Gasteiger partial charge in [0, 0.05) is 19.4 Å². The molecule has 4 nitrogen and oxygen atoms in total. The molecular weight excluding hydrogens is 302 g/mol. The zero-order valence-corrected chi connectivity index (χ0v) is 10.5. The Balaban J connectivity index is 0.000000364. The van der Waals surface area contributed by atoms with Crippen LogP contribution in [0, 0.1) is 0 Å². The second-order valence-electron chi connectivity index (χ2n) is 2.47. The van der Waals surface area contributed by atoms with E-state index in [0.717, 1.165) is 0 Å². The fourth-order valence-corrected chi connectivity index (χ4v) is 0.865. The molecule has 0 aromatic heterocycles. The molecular formula is C6H10Cl3CuN2O2. The van der Waals surface area contributed by atoms with Gasteiger partial charge in [-0.3, -0.25) is 4.79 Å². The Hall–Kier alpha value is 0.199. The van der Waals surface area contributed by atoms with Crippen molar-refractivity contribution >= 4 is 36.3 Å². The number of nitrogens with zero attached hydrogens (tertiary/aromatic N) is 2. The predicted molar refractivity (Wildman–Crippen MR) is 53.7 cm³/mol. The summed E-state index contributed by atoms with van der Waals surface area (Å²) in [5.74, 6) is -0.792. The van der Waals surface area contributed by atoms with Crippen molar-refractivity contribution in [2.45, 2.75) is 0 Å². The molecule has 0 aromatic carbocycles. The van der Waals surface area contributed by atoms with Gasteiger partial charge in [0.1, 0.15) is 6.54 Å². The molecule has 8 heteroatoms. The summed E-state index contributed by atoms with van der Waals surface area (Å²) < 4.78 is 0. The van der Waals surface area contributed by atoms with Gasteiger partial charge < -0.3 is 14.9 Å². The molecule has 0 amide bonds. The van der Waals surface area contributed by atoms with Crippen molar-refractivity contribution in [3.63, 3.8) is 0 Å². The van der Waals surface area contributed by atoms with Crippen LogP contribution in [0.25, 0.3) is 0 Å². The predicted octanol–water partition coefficient (Wildman–Crippen LogP) is 1.81. The zero-order valence-electron chi connectivity index (χ0n) is 7.25. The third-order valence-electron chi connectivity index (χ3n) is 1.28. The summed E-state index contributed by atoms with van der Waals surface area (Å²) in [6.07, 6.45) is 3.62.